The molecule has 6 heteroatoms. The van der Waals surface area contributed by atoms with Crippen LogP contribution in [0.15, 0.2) is 0 Å². The first-order valence-corrected chi connectivity index (χ1v) is 5.36. The molecule has 0 spiro atoms. The van der Waals surface area contributed by atoms with E-state index in [1.54, 1.807) is 4.68 Å². The Balaban J connectivity index is 2.62. The van der Waals surface area contributed by atoms with Crippen LogP contribution in [0.5, 0.6) is 0 Å². The lowest BCUT2D eigenvalue weighted by molar-refractivity contribution is 0.665. The van der Waals surface area contributed by atoms with Crippen LogP contribution < -0.4 is 4.90 Å². The van der Waals surface area contributed by atoms with E-state index in [1.807, 2.05) is 7.05 Å². The second kappa shape index (κ2) is 5.80. The quantitative estimate of drug-likeness (QED) is 0.669. The van der Waals surface area contributed by atoms with Crippen molar-refractivity contribution in [2.24, 2.45) is 7.05 Å². The number of hydrogen-bond donors (Lipinski definition) is 0. The summed E-state index contributed by atoms with van der Waals surface area (Å²) >= 11 is 5.72. The van der Waals surface area contributed by atoms with E-state index in [9.17, 15) is 0 Å². The fraction of sp³-hybridized carbons (Fsp3) is 0.875. The van der Waals surface area contributed by atoms with Gasteiger partial charge >= 0.3 is 0 Å². The predicted molar refractivity (Wildman–Crippen MR) is 56.6 cm³/mol. The lowest BCUT2D eigenvalue weighted by Crippen LogP contribution is -2.29. The molecule has 0 saturated carbocycles. The number of anilines is 1. The van der Waals surface area contributed by atoms with Crippen LogP contribution in [-0.4, -0.2) is 39.2 Å². The molecule has 0 unspecified atom stereocenters. The Hall–Kier alpha value is -0.840. The number of hydrogen-bond acceptors (Lipinski definition) is 4. The lowest BCUT2D eigenvalue weighted by atomic mass is 10.3. The maximum Gasteiger partial charge on any atom is 0.245 e. The molecule has 0 fully saturated rings. The van der Waals surface area contributed by atoms with Gasteiger partial charge in [-0.25, -0.2) is 4.68 Å². The monoisotopic (exact) mass is 217 g/mol. The topological polar surface area (TPSA) is 46.8 Å². The van der Waals surface area contributed by atoms with Crippen LogP contribution in [0.2, 0.25) is 0 Å². The molecule has 0 saturated heterocycles. The first kappa shape index (κ1) is 11.2. The maximum atomic E-state index is 5.72. The average molecular weight is 218 g/mol. The third-order valence-corrected chi connectivity index (χ3v) is 2.19. The van der Waals surface area contributed by atoms with Crippen molar-refractivity contribution in [3.63, 3.8) is 0 Å². The van der Waals surface area contributed by atoms with E-state index in [1.165, 1.54) is 0 Å². The molecule has 5 nitrogen and oxygen atoms in total. The normalized spacial score (nSPS) is 10.5. The van der Waals surface area contributed by atoms with Crippen LogP contribution in [0.25, 0.3) is 0 Å². The third kappa shape index (κ3) is 2.83. The summed E-state index contributed by atoms with van der Waals surface area (Å²) in [6.07, 6.45) is 2.29. The number of unbranched alkanes of at least 4 members (excludes halogenated alkanes) is 1. The van der Waals surface area contributed by atoms with Crippen LogP contribution in [0, 0.1) is 0 Å². The summed E-state index contributed by atoms with van der Waals surface area (Å²) in [6, 6.07) is 0. The van der Waals surface area contributed by atoms with E-state index in [0.29, 0.717) is 5.88 Å². The zero-order valence-corrected chi connectivity index (χ0v) is 9.41. The van der Waals surface area contributed by atoms with E-state index in [-0.39, 0.29) is 0 Å². The van der Waals surface area contributed by atoms with Gasteiger partial charge in [-0.05, 0) is 16.8 Å². The Morgan fingerprint density at radius 1 is 1.43 bits per heavy atom. The lowest BCUT2D eigenvalue weighted by Gasteiger charge is -2.20. The molecule has 1 aromatic rings. The highest BCUT2D eigenvalue weighted by Crippen LogP contribution is 2.08. The first-order valence-electron chi connectivity index (χ1n) is 4.82. The molecule has 0 bridgehead atoms. The molecule has 1 rings (SSSR count). The van der Waals surface area contributed by atoms with Crippen molar-refractivity contribution in [2.75, 3.05) is 23.9 Å². The van der Waals surface area contributed by atoms with E-state index in [4.69, 9.17) is 11.6 Å². The fourth-order valence-electron chi connectivity index (χ4n) is 1.26. The summed E-state index contributed by atoms with van der Waals surface area (Å²) in [6.45, 7) is 3.90. The fourth-order valence-corrected chi connectivity index (χ4v) is 1.46. The Morgan fingerprint density at radius 2 is 2.21 bits per heavy atom. The molecular formula is C8H16ClN5. The second-order valence-corrected chi connectivity index (χ2v) is 3.51. The summed E-state index contributed by atoms with van der Waals surface area (Å²) in [5, 5.41) is 11.4. The minimum Gasteiger partial charge on any atom is -0.338 e. The van der Waals surface area contributed by atoms with Gasteiger partial charge in [0.05, 0.1) is 0 Å². The highest BCUT2D eigenvalue weighted by molar-refractivity contribution is 6.18. The summed E-state index contributed by atoms with van der Waals surface area (Å²) < 4.78 is 1.67. The smallest absolute Gasteiger partial charge is 0.245 e. The standard InChI is InChI=1S/C8H16ClN5/c1-3-4-6-14(7-5-9)8-10-11-12-13(8)2/h3-7H2,1-2H3. The molecule has 0 aliphatic carbocycles. The number of alkyl halides is 1. The van der Waals surface area contributed by atoms with Crippen molar-refractivity contribution >= 4 is 17.5 Å². The Bertz CT molecular complexity index is 262. The second-order valence-electron chi connectivity index (χ2n) is 3.13. The van der Waals surface area contributed by atoms with Gasteiger partial charge in [0.2, 0.25) is 5.95 Å². The number of aromatic nitrogens is 4. The molecule has 1 heterocycles. The molecular weight excluding hydrogens is 202 g/mol. The van der Waals surface area contributed by atoms with Gasteiger partial charge in [0, 0.05) is 26.0 Å². The third-order valence-electron chi connectivity index (χ3n) is 2.02. The molecule has 0 aromatic carbocycles. The summed E-state index contributed by atoms with van der Waals surface area (Å²) in [7, 11) is 1.84. The van der Waals surface area contributed by atoms with E-state index in [2.05, 4.69) is 27.3 Å². The van der Waals surface area contributed by atoms with Crippen molar-refractivity contribution in [2.45, 2.75) is 19.8 Å². The van der Waals surface area contributed by atoms with Crippen molar-refractivity contribution in [3.8, 4) is 0 Å². The molecule has 0 N–H and O–H groups in total. The summed E-state index contributed by atoms with van der Waals surface area (Å²) in [5.74, 6) is 1.38. The number of aryl methyl sites for hydroxylation is 1. The van der Waals surface area contributed by atoms with Gasteiger partial charge in [0.1, 0.15) is 0 Å². The van der Waals surface area contributed by atoms with Crippen molar-refractivity contribution in [1.29, 1.82) is 0 Å². The van der Waals surface area contributed by atoms with Crippen LogP contribution in [0.3, 0.4) is 0 Å². The van der Waals surface area contributed by atoms with Crippen LogP contribution >= 0.6 is 11.6 Å². The van der Waals surface area contributed by atoms with Crippen molar-refractivity contribution in [3.05, 3.63) is 0 Å². The Labute approximate surface area is 89.0 Å². The predicted octanol–water partition coefficient (Wildman–Crippen LogP) is 1.06. The van der Waals surface area contributed by atoms with Crippen molar-refractivity contribution < 1.29 is 0 Å². The van der Waals surface area contributed by atoms with E-state index in [0.717, 1.165) is 31.9 Å². The van der Waals surface area contributed by atoms with Gasteiger partial charge in [0.15, 0.2) is 0 Å². The molecule has 0 radical (unpaired) electrons. The summed E-state index contributed by atoms with van der Waals surface area (Å²) in [4.78, 5) is 2.11. The highest BCUT2D eigenvalue weighted by atomic mass is 35.5. The zero-order chi connectivity index (χ0) is 10.4. The molecule has 0 atom stereocenters. The molecule has 0 aliphatic heterocycles. The van der Waals surface area contributed by atoms with Gasteiger partial charge in [-0.2, -0.15) is 0 Å². The number of nitrogens with zero attached hydrogens (tertiary/aromatic N) is 5. The van der Waals surface area contributed by atoms with E-state index >= 15 is 0 Å². The summed E-state index contributed by atoms with van der Waals surface area (Å²) in [5.41, 5.74) is 0. The molecule has 80 valence electrons. The van der Waals surface area contributed by atoms with Gasteiger partial charge < -0.3 is 4.90 Å². The van der Waals surface area contributed by atoms with Gasteiger partial charge in [-0.1, -0.05) is 18.4 Å². The molecule has 1 aromatic heterocycles. The Morgan fingerprint density at radius 3 is 2.71 bits per heavy atom. The Kier molecular flexibility index (Phi) is 4.65. The molecule has 14 heavy (non-hydrogen) atoms. The minimum absolute atomic E-state index is 0.594. The average Bonchev–Trinajstić information content (AvgIpc) is 2.59. The number of tetrazole rings is 1. The van der Waals surface area contributed by atoms with Crippen molar-refractivity contribution in [1.82, 2.24) is 20.2 Å². The van der Waals surface area contributed by atoms with Gasteiger partial charge in [-0.3, -0.25) is 0 Å². The zero-order valence-electron chi connectivity index (χ0n) is 8.65. The highest BCUT2D eigenvalue weighted by Gasteiger charge is 2.11. The largest absolute Gasteiger partial charge is 0.338 e. The first-order chi connectivity index (χ1) is 6.79. The van der Waals surface area contributed by atoms with Crippen LogP contribution in [0.4, 0.5) is 5.95 Å². The van der Waals surface area contributed by atoms with Crippen LogP contribution in [-0.2, 0) is 7.05 Å². The molecule has 0 amide bonds. The van der Waals surface area contributed by atoms with Gasteiger partial charge in [0.25, 0.3) is 0 Å². The number of rotatable bonds is 6. The van der Waals surface area contributed by atoms with E-state index < -0.39 is 0 Å². The van der Waals surface area contributed by atoms with Crippen LogP contribution in [0.1, 0.15) is 19.8 Å². The van der Waals surface area contributed by atoms with Gasteiger partial charge in [-0.15, -0.1) is 11.6 Å². The SMILES string of the molecule is CCCCN(CCCl)c1nnnn1C. The number of halogens is 1. The maximum absolute atomic E-state index is 5.72. The molecule has 0 aliphatic rings. The minimum atomic E-state index is 0.594.